The number of hydrogen-bond donors (Lipinski definition) is 2. The van der Waals surface area contributed by atoms with Crippen molar-refractivity contribution in [3.8, 4) is 0 Å². The number of hydrazine groups is 2. The lowest BCUT2D eigenvalue weighted by molar-refractivity contribution is 0.343. The molecule has 0 spiro atoms. The molecule has 0 aliphatic heterocycles. The number of nitrogens with zero attached hydrogens (tertiary/aromatic N) is 1. The number of nitrogens with one attached hydrogen (secondary N) is 2. The third-order valence-electron chi connectivity index (χ3n) is 7.07. The van der Waals surface area contributed by atoms with Gasteiger partial charge in [0.05, 0.1) is 14.7 Å². The van der Waals surface area contributed by atoms with Crippen molar-refractivity contribution in [1.82, 2.24) is 14.2 Å². The van der Waals surface area contributed by atoms with E-state index >= 15 is 0 Å². The molecule has 0 bridgehead atoms. The fraction of sp³-hybridized carbons (Fsp3) is 0.419. The standard InChI is InChI=1S/C31H43N3O6S3/c1-3-4-5-6-7-8-9-10-11-13-16-28-21-25-30(26-22-28)42(37,38)33-34(32-41(35,36)29-17-14-12-15-18-29)43(39,40)31-23-19-27(2)20-24-31/h12,14-15,17-26,32-33H,3-11,13,16H2,1-2H3. The smallest absolute Gasteiger partial charge is 0.206 e. The van der Waals surface area contributed by atoms with E-state index in [0.717, 1.165) is 30.4 Å². The molecule has 0 saturated carbocycles. The Morgan fingerprint density at radius 3 is 1.49 bits per heavy atom. The van der Waals surface area contributed by atoms with Gasteiger partial charge in [0.15, 0.2) is 0 Å². The van der Waals surface area contributed by atoms with E-state index in [4.69, 9.17) is 0 Å². The largest absolute Gasteiger partial charge is 0.271 e. The summed E-state index contributed by atoms with van der Waals surface area (Å²) in [5.74, 6) is 0. The molecule has 0 aliphatic rings. The zero-order chi connectivity index (χ0) is 31.3. The highest BCUT2D eigenvalue weighted by molar-refractivity contribution is 7.93. The zero-order valence-corrected chi connectivity index (χ0v) is 27.4. The van der Waals surface area contributed by atoms with E-state index in [-0.39, 0.29) is 19.2 Å². The van der Waals surface area contributed by atoms with Gasteiger partial charge >= 0.3 is 0 Å². The molecule has 3 rings (SSSR count). The van der Waals surface area contributed by atoms with Crippen LogP contribution in [-0.4, -0.2) is 29.8 Å². The summed E-state index contributed by atoms with van der Waals surface area (Å²) >= 11 is 0. The molecule has 3 aromatic rings. The first-order chi connectivity index (χ1) is 20.5. The first kappa shape index (κ1) is 34.9. The fourth-order valence-electron chi connectivity index (χ4n) is 4.51. The minimum atomic E-state index is -4.68. The first-order valence-electron chi connectivity index (χ1n) is 14.8. The molecule has 0 aliphatic carbocycles. The van der Waals surface area contributed by atoms with Gasteiger partial charge in [-0.3, -0.25) is 0 Å². The zero-order valence-electron chi connectivity index (χ0n) is 24.9. The van der Waals surface area contributed by atoms with Crippen LogP contribution in [0.4, 0.5) is 0 Å². The molecule has 0 radical (unpaired) electrons. The van der Waals surface area contributed by atoms with Crippen LogP contribution in [0.5, 0.6) is 0 Å². The monoisotopic (exact) mass is 649 g/mol. The molecule has 0 heterocycles. The van der Waals surface area contributed by atoms with Gasteiger partial charge in [-0.05, 0) is 66.3 Å². The molecule has 12 heteroatoms. The topological polar surface area (TPSA) is 130 Å². The lowest BCUT2D eigenvalue weighted by Gasteiger charge is -2.23. The number of sulfonamides is 3. The van der Waals surface area contributed by atoms with E-state index in [2.05, 4.69) is 6.92 Å². The van der Waals surface area contributed by atoms with Gasteiger partial charge in [0, 0.05) is 0 Å². The Hall–Kier alpha value is -2.61. The van der Waals surface area contributed by atoms with E-state index in [1.165, 1.54) is 112 Å². The fourth-order valence-corrected chi connectivity index (χ4v) is 8.38. The molecule has 2 N–H and O–H groups in total. The highest BCUT2D eigenvalue weighted by Gasteiger charge is 2.34. The van der Waals surface area contributed by atoms with E-state index in [1.54, 1.807) is 25.1 Å². The SMILES string of the molecule is CCCCCCCCCCCCc1ccc(S(=O)(=O)NN(NS(=O)(=O)c2ccccc2)S(=O)(=O)c2ccc(C)cc2)cc1. The van der Waals surface area contributed by atoms with Crippen LogP contribution in [0.25, 0.3) is 0 Å². The molecule has 0 fully saturated rings. The molecular weight excluding hydrogens is 607 g/mol. The minimum absolute atomic E-state index is 0.0348. The molecule has 0 atom stereocenters. The van der Waals surface area contributed by atoms with Crippen LogP contribution in [0.15, 0.2) is 93.5 Å². The van der Waals surface area contributed by atoms with Gasteiger partial charge in [-0.2, -0.15) is 0 Å². The lowest BCUT2D eigenvalue weighted by Crippen LogP contribution is -2.55. The predicted octanol–water partition coefficient (Wildman–Crippen LogP) is 6.24. The Kier molecular flexibility index (Phi) is 13.3. The van der Waals surface area contributed by atoms with Crippen molar-refractivity contribution in [3.63, 3.8) is 0 Å². The Balaban J connectivity index is 1.68. The van der Waals surface area contributed by atoms with E-state index < -0.39 is 30.1 Å². The van der Waals surface area contributed by atoms with Crippen LogP contribution < -0.4 is 9.66 Å². The average molecular weight is 650 g/mol. The summed E-state index contributed by atoms with van der Waals surface area (Å²) in [6, 6.07) is 18.8. The second-order valence-electron chi connectivity index (χ2n) is 10.7. The van der Waals surface area contributed by atoms with Gasteiger partial charge in [0.25, 0.3) is 30.1 Å². The molecule has 0 amide bonds. The minimum Gasteiger partial charge on any atom is -0.206 e. The summed E-state index contributed by atoms with van der Waals surface area (Å²) in [4.78, 5) is 3.06. The van der Waals surface area contributed by atoms with Crippen LogP contribution in [0.2, 0.25) is 0 Å². The van der Waals surface area contributed by atoms with Crippen molar-refractivity contribution in [2.75, 3.05) is 0 Å². The normalized spacial score (nSPS) is 12.5. The van der Waals surface area contributed by atoms with Crippen LogP contribution in [0.1, 0.15) is 82.3 Å². The van der Waals surface area contributed by atoms with Crippen molar-refractivity contribution in [1.29, 1.82) is 0 Å². The number of rotatable bonds is 19. The molecule has 0 saturated heterocycles. The third kappa shape index (κ3) is 10.8. The van der Waals surface area contributed by atoms with E-state index in [0.29, 0.717) is 0 Å². The number of unbranched alkanes of at least 4 members (excludes halogenated alkanes) is 9. The molecule has 0 aromatic heterocycles. The summed E-state index contributed by atoms with van der Waals surface area (Å²) in [5.41, 5.74) is 1.74. The second kappa shape index (κ2) is 16.5. The van der Waals surface area contributed by atoms with Crippen molar-refractivity contribution < 1.29 is 25.3 Å². The average Bonchev–Trinajstić information content (AvgIpc) is 2.98. The van der Waals surface area contributed by atoms with E-state index in [9.17, 15) is 25.3 Å². The molecule has 236 valence electrons. The maximum Gasteiger partial charge on any atom is 0.271 e. The summed E-state index contributed by atoms with van der Waals surface area (Å²) in [6.07, 6.45) is 13.1. The predicted molar refractivity (Wildman–Crippen MR) is 169 cm³/mol. The Morgan fingerprint density at radius 2 is 0.977 bits per heavy atom. The van der Waals surface area contributed by atoms with Gasteiger partial charge in [0.2, 0.25) is 0 Å². The van der Waals surface area contributed by atoms with Crippen molar-refractivity contribution in [2.24, 2.45) is 0 Å². The quantitative estimate of drug-likeness (QED) is 0.117. The molecular formula is C31H43N3O6S3. The van der Waals surface area contributed by atoms with Crippen LogP contribution in [-0.2, 0) is 36.5 Å². The summed E-state index contributed by atoms with van der Waals surface area (Å²) in [6.45, 7) is 3.98. The van der Waals surface area contributed by atoms with Crippen molar-refractivity contribution >= 4 is 30.1 Å². The van der Waals surface area contributed by atoms with Crippen LogP contribution in [0, 0.1) is 6.92 Å². The highest BCUT2D eigenvalue weighted by atomic mass is 32.2. The van der Waals surface area contributed by atoms with Crippen molar-refractivity contribution in [3.05, 3.63) is 90.0 Å². The Morgan fingerprint density at radius 1 is 0.535 bits per heavy atom. The van der Waals surface area contributed by atoms with Gasteiger partial charge in [-0.15, -0.1) is 9.66 Å². The first-order valence-corrected chi connectivity index (χ1v) is 19.2. The van der Waals surface area contributed by atoms with Gasteiger partial charge < -0.3 is 0 Å². The Labute approximate surface area is 257 Å². The Bertz CT molecular complexity index is 1590. The number of benzene rings is 3. The van der Waals surface area contributed by atoms with Crippen molar-refractivity contribution in [2.45, 2.75) is 99.2 Å². The molecule has 9 nitrogen and oxygen atoms in total. The second-order valence-corrected chi connectivity index (χ2v) is 15.8. The highest BCUT2D eigenvalue weighted by Crippen LogP contribution is 2.19. The maximum atomic E-state index is 13.5. The third-order valence-corrected chi connectivity index (χ3v) is 11.5. The molecule has 3 aromatic carbocycles. The van der Waals surface area contributed by atoms with E-state index in [1.807, 2.05) is 9.66 Å². The lowest BCUT2D eigenvalue weighted by atomic mass is 10.0. The van der Waals surface area contributed by atoms with Gasteiger partial charge in [0.1, 0.15) is 0 Å². The summed E-state index contributed by atoms with van der Waals surface area (Å²) in [5, 5.41) is 0. The molecule has 0 unspecified atom stereocenters. The van der Waals surface area contributed by atoms with Crippen LogP contribution in [0.3, 0.4) is 0 Å². The number of aryl methyl sites for hydroxylation is 2. The van der Waals surface area contributed by atoms with Gasteiger partial charge in [-0.1, -0.05) is 113 Å². The summed E-state index contributed by atoms with van der Waals surface area (Å²) < 4.78 is 79.6. The van der Waals surface area contributed by atoms with Crippen LogP contribution >= 0.6 is 0 Å². The molecule has 43 heavy (non-hydrogen) atoms. The number of hydrogen-bond acceptors (Lipinski definition) is 6. The summed E-state index contributed by atoms with van der Waals surface area (Å²) in [7, 11) is -13.7. The van der Waals surface area contributed by atoms with Gasteiger partial charge in [-0.25, -0.2) is 25.3 Å². The maximum absolute atomic E-state index is 13.5.